The van der Waals surface area contributed by atoms with Gasteiger partial charge in [0.15, 0.2) is 0 Å². The predicted octanol–water partition coefficient (Wildman–Crippen LogP) is 5.44. The van der Waals surface area contributed by atoms with Gasteiger partial charge >= 0.3 is 5.91 Å². The normalized spacial score (nSPS) is 16.4. The Bertz CT molecular complexity index is 750. The fourth-order valence-electron chi connectivity index (χ4n) is 3.36. The van der Waals surface area contributed by atoms with Crippen LogP contribution in [-0.2, 0) is 11.2 Å². The van der Waals surface area contributed by atoms with Crippen molar-refractivity contribution in [2.45, 2.75) is 25.7 Å². The smallest absolute Gasteiger partial charge is 0.317 e. The molecule has 0 spiro atoms. The van der Waals surface area contributed by atoms with Crippen LogP contribution in [0.1, 0.15) is 24.8 Å². The molecule has 0 saturated carbocycles. The molecule has 0 unspecified atom stereocenters. The maximum Gasteiger partial charge on any atom is 0.317 e. The number of likely N-dealkylation sites (tertiary alicyclic amines) is 1. The van der Waals surface area contributed by atoms with Gasteiger partial charge in [0.1, 0.15) is 0 Å². The minimum atomic E-state index is 0.263. The van der Waals surface area contributed by atoms with Gasteiger partial charge in [0, 0.05) is 5.69 Å². The maximum atomic E-state index is 12.9. The molecule has 1 fully saturated rings. The Hall–Kier alpha value is -1.55. The predicted molar refractivity (Wildman–Crippen MR) is 105 cm³/mol. The molecule has 0 aromatic heterocycles. The van der Waals surface area contributed by atoms with Crippen molar-refractivity contribution >= 4 is 40.5 Å². The number of nitrogens with one attached hydrogen (secondary N) is 1. The van der Waals surface area contributed by atoms with Crippen LogP contribution in [0.4, 0.5) is 11.4 Å². The highest BCUT2D eigenvalue weighted by atomic mass is 35.5. The average molecular weight is 378 g/mol. The second-order valence-corrected chi connectivity index (χ2v) is 7.67. The molecule has 3 rings (SSSR count). The summed E-state index contributed by atoms with van der Waals surface area (Å²) in [6, 6.07) is 13.2. The van der Waals surface area contributed by atoms with Crippen LogP contribution in [-0.4, -0.2) is 30.5 Å². The number of rotatable bonds is 4. The first-order chi connectivity index (χ1) is 12.0. The number of quaternary nitrogens is 1. The molecule has 1 N–H and O–H groups in total. The Kier molecular flexibility index (Phi) is 5.67. The van der Waals surface area contributed by atoms with Crippen molar-refractivity contribution in [2.24, 2.45) is 0 Å². The minimum absolute atomic E-state index is 0.263. The van der Waals surface area contributed by atoms with Gasteiger partial charge in [-0.3, -0.25) is 4.48 Å². The summed E-state index contributed by atoms with van der Waals surface area (Å²) < 4.78 is 0.529. The highest BCUT2D eigenvalue weighted by Gasteiger charge is 2.33. The zero-order valence-electron chi connectivity index (χ0n) is 14.4. The van der Waals surface area contributed by atoms with E-state index in [1.54, 1.807) is 12.1 Å². The van der Waals surface area contributed by atoms with Gasteiger partial charge in [0.25, 0.3) is 0 Å². The molecule has 132 valence electrons. The Morgan fingerprint density at radius 3 is 2.32 bits per heavy atom. The monoisotopic (exact) mass is 377 g/mol. The third-order valence-electron chi connectivity index (χ3n) is 4.99. The number of para-hydroxylation sites is 2. The van der Waals surface area contributed by atoms with Crippen molar-refractivity contribution in [3.63, 3.8) is 0 Å². The van der Waals surface area contributed by atoms with Gasteiger partial charge in [-0.15, -0.1) is 0 Å². The summed E-state index contributed by atoms with van der Waals surface area (Å²) in [7, 11) is 2.06. The lowest BCUT2D eigenvalue weighted by Crippen LogP contribution is -2.53. The van der Waals surface area contributed by atoms with Crippen molar-refractivity contribution in [3.05, 3.63) is 58.1 Å². The number of piperidine rings is 1. The highest BCUT2D eigenvalue weighted by Crippen LogP contribution is 2.34. The van der Waals surface area contributed by atoms with E-state index in [4.69, 9.17) is 23.2 Å². The number of benzene rings is 2. The van der Waals surface area contributed by atoms with Crippen LogP contribution < -0.4 is 5.32 Å². The molecular formula is C20H23Cl2N2O+. The maximum absolute atomic E-state index is 12.9. The Labute approximate surface area is 159 Å². The second kappa shape index (κ2) is 7.77. The van der Waals surface area contributed by atoms with E-state index in [1.807, 2.05) is 30.3 Å². The molecule has 1 aliphatic heterocycles. The summed E-state index contributed by atoms with van der Waals surface area (Å²) in [5.74, 6) is 0.263. The zero-order chi connectivity index (χ0) is 17.9. The number of halogens is 2. The van der Waals surface area contributed by atoms with Crippen molar-refractivity contribution < 1.29 is 9.28 Å². The van der Waals surface area contributed by atoms with Gasteiger partial charge in [0.2, 0.25) is 0 Å². The van der Waals surface area contributed by atoms with Gasteiger partial charge < -0.3 is 5.32 Å². The van der Waals surface area contributed by atoms with Crippen molar-refractivity contribution in [2.75, 3.05) is 25.5 Å². The number of amides is 1. The number of carbonyl (C=O) groups is 1. The number of nitrogens with zero attached hydrogens (tertiary/aromatic N) is 1. The average Bonchev–Trinajstić information content (AvgIpc) is 2.60. The third kappa shape index (κ3) is 4.17. The summed E-state index contributed by atoms with van der Waals surface area (Å²) in [6.07, 6.45) is 3.88. The van der Waals surface area contributed by atoms with E-state index in [0.717, 1.165) is 37.2 Å². The van der Waals surface area contributed by atoms with Gasteiger partial charge in [-0.1, -0.05) is 47.5 Å². The molecule has 0 radical (unpaired) electrons. The largest absolute Gasteiger partial charge is 0.353 e. The third-order valence-corrected chi connectivity index (χ3v) is 5.62. The first-order valence-electron chi connectivity index (χ1n) is 8.66. The topological polar surface area (TPSA) is 29.1 Å². The fourth-order valence-corrected chi connectivity index (χ4v) is 3.85. The molecule has 0 aliphatic carbocycles. The van der Waals surface area contributed by atoms with Crippen LogP contribution in [0.5, 0.6) is 0 Å². The molecule has 25 heavy (non-hydrogen) atoms. The van der Waals surface area contributed by atoms with E-state index in [0.29, 0.717) is 26.6 Å². The van der Waals surface area contributed by atoms with E-state index in [-0.39, 0.29) is 5.91 Å². The van der Waals surface area contributed by atoms with Gasteiger partial charge in [-0.05, 0) is 43.0 Å². The van der Waals surface area contributed by atoms with E-state index in [2.05, 4.69) is 12.4 Å². The van der Waals surface area contributed by atoms with Crippen molar-refractivity contribution in [1.29, 1.82) is 0 Å². The molecule has 2 aromatic rings. The molecule has 0 bridgehead atoms. The summed E-state index contributed by atoms with van der Waals surface area (Å²) in [6.45, 7) is 1.87. The Morgan fingerprint density at radius 1 is 1.00 bits per heavy atom. The Morgan fingerprint density at radius 2 is 1.64 bits per heavy atom. The standard InChI is InChI=1S/C20H23Cl2N2O/c1-24(12-5-2-6-13-24)19(25)14-15-8-3-4-11-18(15)23-20-16(21)9-7-10-17(20)22/h3-4,7-11,23H,2,5-6,12-14H2,1H3/q+1. The SMILES string of the molecule is C[N+]1(C(=O)Cc2ccccc2Nc2c(Cl)cccc2Cl)CCCCC1. The van der Waals surface area contributed by atoms with Crippen LogP contribution >= 0.6 is 23.2 Å². The first-order valence-corrected chi connectivity index (χ1v) is 9.42. The molecule has 1 heterocycles. The number of hydrogen-bond donors (Lipinski definition) is 1. The minimum Gasteiger partial charge on any atom is -0.353 e. The molecule has 0 atom stereocenters. The molecule has 3 nitrogen and oxygen atoms in total. The van der Waals surface area contributed by atoms with Crippen molar-refractivity contribution in [1.82, 2.24) is 0 Å². The van der Waals surface area contributed by atoms with Crippen LogP contribution in [0.3, 0.4) is 0 Å². The van der Waals surface area contributed by atoms with Crippen LogP contribution in [0.25, 0.3) is 0 Å². The summed E-state index contributed by atoms with van der Waals surface area (Å²) in [5, 5.41) is 4.42. The quantitative estimate of drug-likeness (QED) is 0.718. The van der Waals surface area contributed by atoms with E-state index >= 15 is 0 Å². The number of likely N-dealkylation sites (N-methyl/N-ethyl adjacent to an activating group) is 1. The molecule has 5 heteroatoms. The van der Waals surface area contributed by atoms with Crippen LogP contribution in [0, 0.1) is 0 Å². The van der Waals surface area contributed by atoms with E-state index < -0.39 is 0 Å². The van der Waals surface area contributed by atoms with Crippen molar-refractivity contribution in [3.8, 4) is 0 Å². The lowest BCUT2D eigenvalue weighted by Gasteiger charge is -2.35. The van der Waals surface area contributed by atoms with E-state index in [1.165, 1.54) is 6.42 Å². The molecule has 1 saturated heterocycles. The molecular weight excluding hydrogens is 355 g/mol. The number of hydrogen-bond acceptors (Lipinski definition) is 2. The van der Waals surface area contributed by atoms with Gasteiger partial charge in [-0.25, -0.2) is 4.79 Å². The number of anilines is 2. The van der Waals surface area contributed by atoms with Gasteiger partial charge in [-0.2, -0.15) is 0 Å². The summed E-state index contributed by atoms with van der Waals surface area (Å²) in [5.41, 5.74) is 2.51. The molecule has 1 aliphatic rings. The number of carbonyl (C=O) groups excluding carboxylic acids is 1. The van der Waals surface area contributed by atoms with Gasteiger partial charge in [0.05, 0.1) is 42.3 Å². The summed E-state index contributed by atoms with van der Waals surface area (Å²) in [4.78, 5) is 12.9. The van der Waals surface area contributed by atoms with E-state index in [9.17, 15) is 4.79 Å². The lowest BCUT2D eigenvalue weighted by molar-refractivity contribution is -0.839. The molecule has 1 amide bonds. The lowest BCUT2D eigenvalue weighted by atomic mass is 10.0. The van der Waals surface area contributed by atoms with Crippen LogP contribution in [0.15, 0.2) is 42.5 Å². The fraction of sp³-hybridized carbons (Fsp3) is 0.350. The zero-order valence-corrected chi connectivity index (χ0v) is 15.9. The molecule has 2 aromatic carbocycles. The first kappa shape index (κ1) is 18.2. The van der Waals surface area contributed by atoms with Crippen LogP contribution in [0.2, 0.25) is 10.0 Å². The Balaban J connectivity index is 1.83. The summed E-state index contributed by atoms with van der Waals surface area (Å²) >= 11 is 12.5. The second-order valence-electron chi connectivity index (χ2n) is 6.85. The highest BCUT2D eigenvalue weighted by molar-refractivity contribution is 6.39.